The van der Waals surface area contributed by atoms with E-state index in [4.69, 9.17) is 0 Å². The lowest BCUT2D eigenvalue weighted by Crippen LogP contribution is -2.37. The van der Waals surface area contributed by atoms with Gasteiger partial charge in [-0.05, 0) is 31.0 Å². The molecule has 0 aliphatic heterocycles. The maximum atomic E-state index is 13.6. The number of rotatable bonds is 5. The van der Waals surface area contributed by atoms with Crippen LogP contribution in [-0.4, -0.2) is 25.0 Å². The van der Waals surface area contributed by atoms with Gasteiger partial charge in [0.1, 0.15) is 5.82 Å². The van der Waals surface area contributed by atoms with Crippen molar-refractivity contribution in [2.24, 2.45) is 0 Å². The summed E-state index contributed by atoms with van der Waals surface area (Å²) in [5.74, 6) is -0.858. The van der Waals surface area contributed by atoms with E-state index in [2.05, 4.69) is 26.6 Å². The molecule has 0 bridgehead atoms. The van der Waals surface area contributed by atoms with Crippen molar-refractivity contribution in [3.8, 4) is 0 Å². The molecule has 1 aromatic carbocycles. The van der Waals surface area contributed by atoms with Gasteiger partial charge in [-0.3, -0.25) is 4.79 Å². The van der Waals surface area contributed by atoms with Gasteiger partial charge in [-0.15, -0.1) is 0 Å². The smallest absolute Gasteiger partial charge is 0.254 e. The second-order valence-corrected chi connectivity index (χ2v) is 6.44. The van der Waals surface area contributed by atoms with Crippen LogP contribution in [0.15, 0.2) is 22.7 Å². The predicted octanol–water partition coefficient (Wildman–Crippen LogP) is 3.63. The van der Waals surface area contributed by atoms with E-state index in [0.717, 1.165) is 6.54 Å². The zero-order valence-electron chi connectivity index (χ0n) is 12.1. The molecule has 21 heavy (non-hydrogen) atoms. The van der Waals surface area contributed by atoms with Gasteiger partial charge in [-0.25, -0.2) is 4.39 Å². The molecule has 1 aliphatic rings. The predicted molar refractivity (Wildman–Crippen MR) is 85.9 cm³/mol. The zero-order valence-corrected chi connectivity index (χ0v) is 13.7. The van der Waals surface area contributed by atoms with Gasteiger partial charge in [0.25, 0.3) is 5.91 Å². The van der Waals surface area contributed by atoms with E-state index in [1.54, 1.807) is 6.07 Å². The summed E-state index contributed by atoms with van der Waals surface area (Å²) in [5, 5.41) is 6.24. The molecule has 1 fully saturated rings. The Balaban J connectivity index is 1.72. The first-order valence-corrected chi connectivity index (χ1v) is 8.43. The zero-order chi connectivity index (χ0) is 15.1. The van der Waals surface area contributed by atoms with E-state index in [1.807, 2.05) is 0 Å². The minimum atomic E-state index is -0.493. The topological polar surface area (TPSA) is 41.1 Å². The van der Waals surface area contributed by atoms with E-state index in [1.165, 1.54) is 50.7 Å². The summed E-state index contributed by atoms with van der Waals surface area (Å²) in [4.78, 5) is 11.9. The van der Waals surface area contributed by atoms with Gasteiger partial charge >= 0.3 is 0 Å². The van der Waals surface area contributed by atoms with Gasteiger partial charge < -0.3 is 10.6 Å². The first-order valence-electron chi connectivity index (χ1n) is 7.63. The fourth-order valence-corrected chi connectivity index (χ4v) is 3.06. The Bertz CT molecular complexity index is 473. The molecule has 1 aromatic rings. The van der Waals surface area contributed by atoms with Crippen molar-refractivity contribution < 1.29 is 9.18 Å². The van der Waals surface area contributed by atoms with Crippen molar-refractivity contribution in [2.45, 2.75) is 44.6 Å². The highest BCUT2D eigenvalue weighted by Crippen LogP contribution is 2.17. The summed E-state index contributed by atoms with van der Waals surface area (Å²) < 4.78 is 14.3. The van der Waals surface area contributed by atoms with Crippen molar-refractivity contribution in [2.75, 3.05) is 13.1 Å². The van der Waals surface area contributed by atoms with Gasteiger partial charge in [0.05, 0.1) is 5.56 Å². The third kappa shape index (κ3) is 5.40. The Kier molecular flexibility index (Phi) is 6.64. The number of amides is 1. The number of carbonyl (C=O) groups excluding carboxylic acids is 1. The van der Waals surface area contributed by atoms with E-state index in [-0.39, 0.29) is 11.5 Å². The van der Waals surface area contributed by atoms with Crippen LogP contribution in [0.5, 0.6) is 0 Å². The molecule has 0 heterocycles. The van der Waals surface area contributed by atoms with E-state index in [9.17, 15) is 9.18 Å². The standard InChI is InChI=1S/C16H22BrFN2O/c17-12-7-8-15(18)14(11-12)16(21)20-10-9-19-13-5-3-1-2-4-6-13/h7-8,11,13,19H,1-6,9-10H2,(H,20,21). The Morgan fingerprint density at radius 2 is 1.90 bits per heavy atom. The van der Waals surface area contributed by atoms with Gasteiger partial charge in [0.2, 0.25) is 0 Å². The number of hydrogen-bond donors (Lipinski definition) is 2. The average Bonchev–Trinajstić information content (AvgIpc) is 2.74. The molecule has 2 N–H and O–H groups in total. The van der Waals surface area contributed by atoms with Crippen LogP contribution in [0.25, 0.3) is 0 Å². The van der Waals surface area contributed by atoms with Crippen LogP contribution in [0.3, 0.4) is 0 Å². The van der Waals surface area contributed by atoms with E-state index < -0.39 is 5.82 Å². The second kappa shape index (κ2) is 8.49. The van der Waals surface area contributed by atoms with Crippen LogP contribution in [-0.2, 0) is 0 Å². The average molecular weight is 357 g/mol. The maximum Gasteiger partial charge on any atom is 0.254 e. The number of halogens is 2. The first kappa shape index (κ1) is 16.4. The molecule has 5 heteroatoms. The van der Waals surface area contributed by atoms with Crippen molar-refractivity contribution in [1.29, 1.82) is 0 Å². The molecule has 0 aromatic heterocycles. The van der Waals surface area contributed by atoms with Crippen LogP contribution in [0.2, 0.25) is 0 Å². The molecule has 1 aliphatic carbocycles. The van der Waals surface area contributed by atoms with Crippen molar-refractivity contribution in [3.05, 3.63) is 34.1 Å². The molecule has 0 saturated heterocycles. The third-order valence-corrected chi connectivity index (χ3v) is 4.37. The lowest BCUT2D eigenvalue weighted by atomic mass is 10.1. The van der Waals surface area contributed by atoms with Crippen LogP contribution in [0.4, 0.5) is 4.39 Å². The molecule has 3 nitrogen and oxygen atoms in total. The highest BCUT2D eigenvalue weighted by Gasteiger charge is 2.13. The van der Waals surface area contributed by atoms with E-state index in [0.29, 0.717) is 17.1 Å². The maximum absolute atomic E-state index is 13.6. The third-order valence-electron chi connectivity index (χ3n) is 3.87. The van der Waals surface area contributed by atoms with E-state index >= 15 is 0 Å². The van der Waals surface area contributed by atoms with Crippen molar-refractivity contribution in [1.82, 2.24) is 10.6 Å². The number of carbonyl (C=O) groups is 1. The lowest BCUT2D eigenvalue weighted by molar-refractivity contribution is 0.0949. The fourth-order valence-electron chi connectivity index (χ4n) is 2.70. The molecular weight excluding hydrogens is 335 g/mol. The SMILES string of the molecule is O=C(NCCNC1CCCCCC1)c1cc(Br)ccc1F. The Hall–Kier alpha value is -0.940. The lowest BCUT2D eigenvalue weighted by Gasteiger charge is -2.16. The van der Waals surface area contributed by atoms with Crippen LogP contribution in [0, 0.1) is 5.82 Å². The van der Waals surface area contributed by atoms with Crippen molar-refractivity contribution in [3.63, 3.8) is 0 Å². The first-order chi connectivity index (χ1) is 10.2. The normalized spacial score (nSPS) is 16.5. The quantitative estimate of drug-likeness (QED) is 0.624. The van der Waals surface area contributed by atoms with Crippen LogP contribution < -0.4 is 10.6 Å². The Morgan fingerprint density at radius 3 is 2.62 bits per heavy atom. The molecule has 1 saturated carbocycles. The summed E-state index contributed by atoms with van der Waals surface area (Å²) in [6.45, 7) is 1.24. The molecule has 1 amide bonds. The van der Waals surface area contributed by atoms with Gasteiger partial charge in [-0.1, -0.05) is 41.6 Å². The van der Waals surface area contributed by atoms with Gasteiger partial charge in [0, 0.05) is 23.6 Å². The number of nitrogens with one attached hydrogen (secondary N) is 2. The fraction of sp³-hybridized carbons (Fsp3) is 0.562. The monoisotopic (exact) mass is 356 g/mol. The summed E-state index contributed by atoms with van der Waals surface area (Å²) >= 11 is 3.25. The highest BCUT2D eigenvalue weighted by molar-refractivity contribution is 9.10. The molecule has 0 radical (unpaired) electrons. The number of benzene rings is 1. The minimum Gasteiger partial charge on any atom is -0.351 e. The number of hydrogen-bond acceptors (Lipinski definition) is 2. The summed E-state index contributed by atoms with van der Waals surface area (Å²) in [6.07, 6.45) is 7.66. The Morgan fingerprint density at radius 1 is 1.19 bits per heavy atom. The molecule has 0 spiro atoms. The molecule has 0 unspecified atom stereocenters. The molecular formula is C16H22BrFN2O. The van der Waals surface area contributed by atoms with Crippen LogP contribution in [0.1, 0.15) is 48.9 Å². The largest absolute Gasteiger partial charge is 0.351 e. The summed E-state index contributed by atoms with van der Waals surface area (Å²) in [5.41, 5.74) is 0.0823. The minimum absolute atomic E-state index is 0.0823. The molecule has 2 rings (SSSR count). The van der Waals surface area contributed by atoms with Crippen LogP contribution >= 0.6 is 15.9 Å². The molecule has 0 atom stereocenters. The second-order valence-electron chi connectivity index (χ2n) is 5.52. The molecule has 116 valence electrons. The van der Waals surface area contributed by atoms with Gasteiger partial charge in [0.15, 0.2) is 0 Å². The van der Waals surface area contributed by atoms with Crippen molar-refractivity contribution >= 4 is 21.8 Å². The Labute approximate surface area is 133 Å². The highest BCUT2D eigenvalue weighted by atomic mass is 79.9. The summed E-state index contributed by atoms with van der Waals surface area (Å²) in [7, 11) is 0. The summed E-state index contributed by atoms with van der Waals surface area (Å²) in [6, 6.07) is 4.94. The van der Waals surface area contributed by atoms with Gasteiger partial charge in [-0.2, -0.15) is 0 Å².